The SMILES string of the molecule is CC(O)C1CCN(c2cnc(-c3ccccc3)c(-c3ccccc3)n2)CC1. The molecule has 1 atom stereocenters. The zero-order chi connectivity index (χ0) is 18.6. The molecule has 27 heavy (non-hydrogen) atoms. The first-order valence-electron chi connectivity index (χ1n) is 9.63. The molecule has 1 aromatic heterocycles. The number of aliphatic hydroxyl groups is 1. The molecule has 1 saturated heterocycles. The van der Waals surface area contributed by atoms with Gasteiger partial charge in [0.25, 0.3) is 0 Å². The molecule has 3 aromatic rings. The average molecular weight is 359 g/mol. The molecule has 1 unspecified atom stereocenters. The van der Waals surface area contributed by atoms with E-state index in [1.165, 1.54) is 0 Å². The molecule has 4 rings (SSSR count). The number of nitrogens with zero attached hydrogens (tertiary/aromatic N) is 3. The third-order valence-corrected chi connectivity index (χ3v) is 5.40. The van der Waals surface area contributed by atoms with Crippen molar-refractivity contribution in [1.29, 1.82) is 0 Å². The molecule has 0 amide bonds. The van der Waals surface area contributed by atoms with E-state index in [-0.39, 0.29) is 6.10 Å². The first-order chi connectivity index (χ1) is 13.2. The quantitative estimate of drug-likeness (QED) is 0.750. The van der Waals surface area contributed by atoms with Gasteiger partial charge in [0, 0.05) is 24.2 Å². The van der Waals surface area contributed by atoms with Crippen molar-refractivity contribution >= 4 is 5.82 Å². The highest BCUT2D eigenvalue weighted by Crippen LogP contribution is 2.31. The molecule has 4 nitrogen and oxygen atoms in total. The van der Waals surface area contributed by atoms with Gasteiger partial charge in [0.05, 0.1) is 23.7 Å². The van der Waals surface area contributed by atoms with Gasteiger partial charge in [-0.25, -0.2) is 4.98 Å². The number of aliphatic hydroxyl groups excluding tert-OH is 1. The van der Waals surface area contributed by atoms with Gasteiger partial charge in [0.15, 0.2) is 0 Å². The fourth-order valence-corrected chi connectivity index (χ4v) is 3.75. The lowest BCUT2D eigenvalue weighted by atomic mass is 9.92. The molecule has 138 valence electrons. The van der Waals surface area contributed by atoms with Gasteiger partial charge in [0.2, 0.25) is 0 Å². The molecule has 0 radical (unpaired) electrons. The van der Waals surface area contributed by atoms with E-state index in [2.05, 4.69) is 29.2 Å². The third-order valence-electron chi connectivity index (χ3n) is 5.40. The highest BCUT2D eigenvalue weighted by atomic mass is 16.3. The van der Waals surface area contributed by atoms with E-state index in [4.69, 9.17) is 9.97 Å². The van der Waals surface area contributed by atoms with Crippen molar-refractivity contribution in [3.63, 3.8) is 0 Å². The maximum absolute atomic E-state index is 9.84. The van der Waals surface area contributed by atoms with Crippen molar-refractivity contribution in [1.82, 2.24) is 9.97 Å². The Hall–Kier alpha value is -2.72. The Morgan fingerprint density at radius 1 is 0.889 bits per heavy atom. The Balaban J connectivity index is 1.70. The van der Waals surface area contributed by atoms with E-state index in [0.717, 1.165) is 54.3 Å². The molecular formula is C23H25N3O. The molecule has 1 fully saturated rings. The lowest BCUT2D eigenvalue weighted by Gasteiger charge is -2.34. The summed E-state index contributed by atoms with van der Waals surface area (Å²) in [6, 6.07) is 20.5. The van der Waals surface area contributed by atoms with Crippen LogP contribution in [0, 0.1) is 5.92 Å². The standard InChI is InChI=1S/C23H25N3O/c1-17(27)18-12-14-26(15-13-18)21-16-24-22(19-8-4-2-5-9-19)23(25-21)20-10-6-3-7-11-20/h2-11,16-18,27H,12-15H2,1H3. The lowest BCUT2D eigenvalue weighted by molar-refractivity contribution is 0.110. The van der Waals surface area contributed by atoms with Crippen LogP contribution >= 0.6 is 0 Å². The van der Waals surface area contributed by atoms with E-state index in [0.29, 0.717) is 5.92 Å². The minimum absolute atomic E-state index is 0.237. The van der Waals surface area contributed by atoms with Crippen LogP contribution in [0.1, 0.15) is 19.8 Å². The molecule has 2 heterocycles. The number of rotatable bonds is 4. The fourth-order valence-electron chi connectivity index (χ4n) is 3.75. The first kappa shape index (κ1) is 17.7. The Labute approximate surface area is 160 Å². The summed E-state index contributed by atoms with van der Waals surface area (Å²) in [6.45, 7) is 3.70. The van der Waals surface area contributed by atoms with Gasteiger partial charge in [-0.1, -0.05) is 60.7 Å². The zero-order valence-corrected chi connectivity index (χ0v) is 15.6. The molecule has 1 aliphatic heterocycles. The van der Waals surface area contributed by atoms with Gasteiger partial charge in [-0.05, 0) is 25.7 Å². The molecule has 0 spiro atoms. The highest BCUT2D eigenvalue weighted by molar-refractivity contribution is 5.78. The Morgan fingerprint density at radius 2 is 1.44 bits per heavy atom. The Bertz CT molecular complexity index is 873. The van der Waals surface area contributed by atoms with E-state index in [1.54, 1.807) is 0 Å². The summed E-state index contributed by atoms with van der Waals surface area (Å²) in [6.07, 6.45) is 3.62. The largest absolute Gasteiger partial charge is 0.393 e. The second-order valence-electron chi connectivity index (χ2n) is 7.22. The van der Waals surface area contributed by atoms with Crippen molar-refractivity contribution in [2.45, 2.75) is 25.9 Å². The number of hydrogen-bond donors (Lipinski definition) is 1. The molecule has 2 aromatic carbocycles. The van der Waals surface area contributed by atoms with Crippen molar-refractivity contribution in [2.24, 2.45) is 5.92 Å². The summed E-state index contributed by atoms with van der Waals surface area (Å²) >= 11 is 0. The summed E-state index contributed by atoms with van der Waals surface area (Å²) in [5.41, 5.74) is 3.97. The second-order valence-corrected chi connectivity index (χ2v) is 7.22. The van der Waals surface area contributed by atoms with Crippen molar-refractivity contribution < 1.29 is 5.11 Å². The van der Waals surface area contributed by atoms with Crippen LogP contribution < -0.4 is 4.90 Å². The lowest BCUT2D eigenvalue weighted by Crippen LogP contribution is -2.37. The van der Waals surface area contributed by atoms with Crippen molar-refractivity contribution in [3.05, 3.63) is 66.9 Å². The van der Waals surface area contributed by atoms with Gasteiger partial charge < -0.3 is 10.0 Å². The van der Waals surface area contributed by atoms with E-state index < -0.39 is 0 Å². The van der Waals surface area contributed by atoms with E-state index in [9.17, 15) is 5.11 Å². The average Bonchev–Trinajstić information content (AvgIpc) is 2.74. The monoisotopic (exact) mass is 359 g/mol. The van der Waals surface area contributed by atoms with Gasteiger partial charge in [-0.2, -0.15) is 0 Å². The van der Waals surface area contributed by atoms with Crippen LogP contribution in [0.15, 0.2) is 66.9 Å². The smallest absolute Gasteiger partial charge is 0.147 e. The van der Waals surface area contributed by atoms with Crippen molar-refractivity contribution in [2.75, 3.05) is 18.0 Å². The fraction of sp³-hybridized carbons (Fsp3) is 0.304. The van der Waals surface area contributed by atoms with Crippen LogP contribution in [-0.2, 0) is 0 Å². The summed E-state index contributed by atoms with van der Waals surface area (Å²) in [5.74, 6) is 1.30. The Morgan fingerprint density at radius 3 is 2.00 bits per heavy atom. The summed E-state index contributed by atoms with van der Waals surface area (Å²) < 4.78 is 0. The second kappa shape index (κ2) is 7.89. The molecule has 0 saturated carbocycles. The molecule has 0 bridgehead atoms. The number of anilines is 1. The molecule has 1 N–H and O–H groups in total. The maximum atomic E-state index is 9.84. The van der Waals surface area contributed by atoms with Crippen LogP contribution in [0.2, 0.25) is 0 Å². The first-order valence-corrected chi connectivity index (χ1v) is 9.63. The molecule has 1 aliphatic rings. The Kier molecular flexibility index (Phi) is 5.16. The van der Waals surface area contributed by atoms with Crippen LogP contribution in [0.25, 0.3) is 22.5 Å². The van der Waals surface area contributed by atoms with E-state index in [1.807, 2.05) is 49.5 Å². The minimum Gasteiger partial charge on any atom is -0.393 e. The molecular weight excluding hydrogens is 334 g/mol. The number of aromatic nitrogens is 2. The van der Waals surface area contributed by atoms with Crippen LogP contribution in [-0.4, -0.2) is 34.3 Å². The van der Waals surface area contributed by atoms with Gasteiger partial charge in [0.1, 0.15) is 5.82 Å². The van der Waals surface area contributed by atoms with Gasteiger partial charge in [-0.3, -0.25) is 4.98 Å². The zero-order valence-electron chi connectivity index (χ0n) is 15.6. The number of hydrogen-bond acceptors (Lipinski definition) is 4. The molecule has 0 aliphatic carbocycles. The van der Waals surface area contributed by atoms with E-state index >= 15 is 0 Å². The summed E-state index contributed by atoms with van der Waals surface area (Å²) in [4.78, 5) is 12.1. The van der Waals surface area contributed by atoms with Gasteiger partial charge >= 0.3 is 0 Å². The van der Waals surface area contributed by atoms with Crippen molar-refractivity contribution in [3.8, 4) is 22.5 Å². The third kappa shape index (κ3) is 3.86. The van der Waals surface area contributed by atoms with Crippen LogP contribution in [0.4, 0.5) is 5.82 Å². The van der Waals surface area contributed by atoms with Gasteiger partial charge in [-0.15, -0.1) is 0 Å². The topological polar surface area (TPSA) is 49.2 Å². The predicted octanol–water partition coefficient (Wildman–Crippen LogP) is 4.41. The highest BCUT2D eigenvalue weighted by Gasteiger charge is 2.24. The normalized spacial score (nSPS) is 16.3. The minimum atomic E-state index is -0.237. The molecule has 4 heteroatoms. The number of benzene rings is 2. The number of piperidine rings is 1. The predicted molar refractivity (Wildman–Crippen MR) is 110 cm³/mol. The van der Waals surface area contributed by atoms with Crippen LogP contribution in [0.5, 0.6) is 0 Å². The van der Waals surface area contributed by atoms with Crippen LogP contribution in [0.3, 0.4) is 0 Å². The summed E-state index contributed by atoms with van der Waals surface area (Å²) in [5, 5.41) is 9.84. The summed E-state index contributed by atoms with van der Waals surface area (Å²) in [7, 11) is 0. The maximum Gasteiger partial charge on any atom is 0.147 e.